The van der Waals surface area contributed by atoms with Crippen LogP contribution < -0.4 is 11.2 Å². The van der Waals surface area contributed by atoms with Gasteiger partial charge in [0.15, 0.2) is 5.78 Å². The number of ketones is 1. The van der Waals surface area contributed by atoms with E-state index in [4.69, 9.17) is 0 Å². The van der Waals surface area contributed by atoms with Crippen molar-refractivity contribution in [3.8, 4) is 0 Å². The summed E-state index contributed by atoms with van der Waals surface area (Å²) < 4.78 is 2.67. The number of carbonyl (C=O) groups excluding carboxylic acids is 1. The van der Waals surface area contributed by atoms with E-state index < -0.39 is 11.2 Å². The average molecular weight is 262 g/mol. The van der Waals surface area contributed by atoms with E-state index >= 15 is 0 Å². The Morgan fingerprint density at radius 3 is 2.74 bits per heavy atom. The molecule has 0 fully saturated rings. The number of rotatable bonds is 4. The predicted molar refractivity (Wildman–Crippen MR) is 68.2 cm³/mol. The maximum atomic E-state index is 12.0. The zero-order valence-corrected chi connectivity index (χ0v) is 10.7. The Morgan fingerprint density at radius 1 is 1.42 bits per heavy atom. The summed E-state index contributed by atoms with van der Waals surface area (Å²) in [6, 6.07) is 1.81. The second-order valence-electron chi connectivity index (χ2n) is 4.25. The number of Topliss-reactive ketones (excluding diaryl/α,β-unsaturated/α-hetero) is 1. The van der Waals surface area contributed by atoms with Gasteiger partial charge >= 0.3 is 5.69 Å². The van der Waals surface area contributed by atoms with Gasteiger partial charge in [0.2, 0.25) is 0 Å². The molecule has 2 heterocycles. The molecule has 0 aliphatic heterocycles. The molecule has 0 aliphatic carbocycles. The number of hydrogen-bond donors (Lipinski definition) is 1. The minimum Gasteiger partial charge on any atom is -0.313 e. The molecule has 2 aromatic rings. The van der Waals surface area contributed by atoms with E-state index in [-0.39, 0.29) is 17.9 Å². The van der Waals surface area contributed by atoms with Crippen molar-refractivity contribution in [3.63, 3.8) is 0 Å². The molecule has 0 aromatic carbocycles. The first-order valence-electron chi connectivity index (χ1n) is 5.81. The topological polar surface area (TPSA) is 89.8 Å². The molecule has 0 amide bonds. The molecule has 0 atom stereocenters. The molecule has 0 saturated heterocycles. The Balaban J connectivity index is 2.30. The molecule has 0 saturated carbocycles. The Bertz CT molecular complexity index is 723. The number of nitrogens with zero attached hydrogens (tertiary/aromatic N) is 3. The Labute approximate surface area is 108 Å². The Hall–Kier alpha value is -2.44. The second kappa shape index (κ2) is 5.05. The fourth-order valence-electron chi connectivity index (χ4n) is 1.79. The average Bonchev–Trinajstić information content (AvgIpc) is 2.74. The highest BCUT2D eigenvalue weighted by molar-refractivity contribution is 5.93. The highest BCUT2D eigenvalue weighted by Crippen LogP contribution is 1.96. The summed E-state index contributed by atoms with van der Waals surface area (Å²) in [4.78, 5) is 37.2. The van der Waals surface area contributed by atoms with Crippen LogP contribution in [0.4, 0.5) is 0 Å². The van der Waals surface area contributed by atoms with Gasteiger partial charge in [0.25, 0.3) is 5.56 Å². The van der Waals surface area contributed by atoms with E-state index in [0.29, 0.717) is 6.42 Å². The largest absolute Gasteiger partial charge is 0.328 e. The SMILES string of the molecule is CC(=O)c1c[nH]c(=O)n(CCc2ccn(C)n2)c1=O. The first-order valence-corrected chi connectivity index (χ1v) is 5.81. The van der Waals surface area contributed by atoms with Crippen molar-refractivity contribution < 1.29 is 4.79 Å². The van der Waals surface area contributed by atoms with Gasteiger partial charge in [-0.3, -0.25) is 18.8 Å². The van der Waals surface area contributed by atoms with E-state index in [1.807, 2.05) is 6.07 Å². The number of aromatic amines is 1. The first kappa shape index (κ1) is 13.0. The van der Waals surface area contributed by atoms with E-state index in [1.54, 1.807) is 17.9 Å². The van der Waals surface area contributed by atoms with Gasteiger partial charge in [0.1, 0.15) is 0 Å². The molecule has 0 radical (unpaired) electrons. The standard InChI is InChI=1S/C12H14N4O3/c1-8(17)10-7-13-12(19)16(11(10)18)6-4-9-3-5-15(2)14-9/h3,5,7H,4,6H2,1-2H3,(H,13,19). The van der Waals surface area contributed by atoms with Crippen molar-refractivity contribution >= 4 is 5.78 Å². The van der Waals surface area contributed by atoms with Crippen LogP contribution in [-0.2, 0) is 20.0 Å². The molecule has 2 aromatic heterocycles. The van der Waals surface area contributed by atoms with E-state index in [9.17, 15) is 14.4 Å². The van der Waals surface area contributed by atoms with Gasteiger partial charge in [-0.1, -0.05) is 0 Å². The van der Waals surface area contributed by atoms with Crippen molar-refractivity contribution in [2.75, 3.05) is 0 Å². The van der Waals surface area contributed by atoms with Crippen LogP contribution in [0.5, 0.6) is 0 Å². The van der Waals surface area contributed by atoms with E-state index in [0.717, 1.165) is 16.5 Å². The molecule has 0 aliphatic rings. The monoisotopic (exact) mass is 262 g/mol. The minimum atomic E-state index is -0.563. The Kier molecular flexibility index (Phi) is 3.46. The lowest BCUT2D eigenvalue weighted by atomic mass is 10.2. The summed E-state index contributed by atoms with van der Waals surface area (Å²) in [7, 11) is 1.79. The van der Waals surface area contributed by atoms with E-state index in [1.165, 1.54) is 6.92 Å². The zero-order chi connectivity index (χ0) is 14.0. The van der Waals surface area contributed by atoms with Crippen LogP contribution >= 0.6 is 0 Å². The number of aromatic nitrogens is 4. The summed E-state index contributed by atoms with van der Waals surface area (Å²) in [5.74, 6) is -0.368. The van der Waals surface area contributed by atoms with Gasteiger partial charge in [0.05, 0.1) is 11.3 Å². The fourth-order valence-corrected chi connectivity index (χ4v) is 1.79. The molecular weight excluding hydrogens is 248 g/mol. The lowest BCUT2D eigenvalue weighted by Gasteiger charge is -2.04. The van der Waals surface area contributed by atoms with Crippen LogP contribution in [0.1, 0.15) is 23.0 Å². The van der Waals surface area contributed by atoms with Gasteiger partial charge in [-0.15, -0.1) is 0 Å². The van der Waals surface area contributed by atoms with Crippen molar-refractivity contribution in [1.29, 1.82) is 0 Å². The molecule has 100 valence electrons. The first-order chi connectivity index (χ1) is 8.99. The lowest BCUT2D eigenvalue weighted by molar-refractivity contribution is 0.101. The Morgan fingerprint density at radius 2 is 2.16 bits per heavy atom. The maximum absolute atomic E-state index is 12.0. The molecule has 7 nitrogen and oxygen atoms in total. The molecule has 19 heavy (non-hydrogen) atoms. The number of H-pyrrole nitrogens is 1. The summed E-state index contributed by atoms with van der Waals surface area (Å²) in [5, 5.41) is 4.16. The lowest BCUT2D eigenvalue weighted by Crippen LogP contribution is -2.38. The molecule has 0 bridgehead atoms. The summed E-state index contributed by atoms with van der Waals surface area (Å²) in [5.41, 5.74) is -0.319. The third-order valence-electron chi connectivity index (χ3n) is 2.80. The van der Waals surface area contributed by atoms with Gasteiger partial charge in [-0.2, -0.15) is 5.10 Å². The summed E-state index contributed by atoms with van der Waals surface area (Å²) in [6.07, 6.45) is 3.39. The van der Waals surface area contributed by atoms with Gasteiger partial charge in [0, 0.05) is 32.4 Å². The molecule has 0 spiro atoms. The molecule has 2 rings (SSSR count). The van der Waals surface area contributed by atoms with Crippen molar-refractivity contribution in [2.24, 2.45) is 7.05 Å². The van der Waals surface area contributed by atoms with Gasteiger partial charge < -0.3 is 4.98 Å². The predicted octanol–water partition coefficient (Wildman–Crippen LogP) is -0.285. The third-order valence-corrected chi connectivity index (χ3v) is 2.80. The van der Waals surface area contributed by atoms with Gasteiger partial charge in [-0.05, 0) is 13.0 Å². The highest BCUT2D eigenvalue weighted by atomic mass is 16.2. The zero-order valence-electron chi connectivity index (χ0n) is 10.7. The highest BCUT2D eigenvalue weighted by Gasteiger charge is 2.11. The third kappa shape index (κ3) is 2.70. The molecular formula is C12H14N4O3. The number of hydrogen-bond acceptors (Lipinski definition) is 4. The van der Waals surface area contributed by atoms with Crippen LogP contribution in [0.15, 0.2) is 28.0 Å². The normalized spacial score (nSPS) is 10.6. The van der Waals surface area contributed by atoms with Crippen LogP contribution in [0.3, 0.4) is 0 Å². The minimum absolute atomic E-state index is 0.0133. The van der Waals surface area contributed by atoms with Gasteiger partial charge in [-0.25, -0.2) is 4.79 Å². The van der Waals surface area contributed by atoms with Crippen molar-refractivity contribution in [2.45, 2.75) is 19.9 Å². The van der Waals surface area contributed by atoms with Crippen LogP contribution in [0.25, 0.3) is 0 Å². The molecule has 0 unspecified atom stereocenters. The van der Waals surface area contributed by atoms with Crippen molar-refractivity contribution in [1.82, 2.24) is 19.3 Å². The molecule has 1 N–H and O–H groups in total. The number of carbonyl (C=O) groups is 1. The maximum Gasteiger partial charge on any atom is 0.328 e. The van der Waals surface area contributed by atoms with E-state index in [2.05, 4.69) is 10.1 Å². The van der Waals surface area contributed by atoms with Crippen molar-refractivity contribution in [3.05, 3.63) is 50.6 Å². The van der Waals surface area contributed by atoms with Crippen LogP contribution in [0, 0.1) is 0 Å². The second-order valence-corrected chi connectivity index (χ2v) is 4.25. The smallest absolute Gasteiger partial charge is 0.313 e. The fraction of sp³-hybridized carbons (Fsp3) is 0.333. The van der Waals surface area contributed by atoms with Crippen LogP contribution in [-0.4, -0.2) is 25.1 Å². The quantitative estimate of drug-likeness (QED) is 0.767. The van der Waals surface area contributed by atoms with Crippen LogP contribution in [0.2, 0.25) is 0 Å². The summed E-state index contributed by atoms with van der Waals surface area (Å²) >= 11 is 0. The number of nitrogens with one attached hydrogen (secondary N) is 1. The summed E-state index contributed by atoms with van der Waals surface area (Å²) in [6.45, 7) is 1.48. The number of aryl methyl sites for hydroxylation is 2. The molecule has 7 heteroatoms.